The van der Waals surface area contributed by atoms with Gasteiger partial charge >= 0.3 is 0 Å². The molecule has 1 aromatic carbocycles. The highest BCUT2D eigenvalue weighted by Gasteiger charge is 2.06. The number of H-pyrrole nitrogens is 1. The minimum atomic E-state index is 0.508. The molecule has 0 amide bonds. The van der Waals surface area contributed by atoms with Crippen LogP contribution in [-0.4, -0.2) is 9.97 Å². The highest BCUT2D eigenvalue weighted by atomic mass is 35.5. The van der Waals surface area contributed by atoms with Gasteiger partial charge in [-0.1, -0.05) is 41.9 Å². The van der Waals surface area contributed by atoms with Gasteiger partial charge in [0.1, 0.15) is 10.8 Å². The topological polar surface area (TPSA) is 28.7 Å². The first-order chi connectivity index (χ1) is 7.84. The summed E-state index contributed by atoms with van der Waals surface area (Å²) in [7, 11) is 0. The van der Waals surface area contributed by atoms with Crippen LogP contribution in [0, 0.1) is 0 Å². The van der Waals surface area contributed by atoms with Crippen LogP contribution in [-0.2, 0) is 0 Å². The molecule has 0 aliphatic carbocycles. The smallest absolute Gasteiger partial charge is 0.139 e. The van der Waals surface area contributed by atoms with Crippen molar-refractivity contribution in [2.45, 2.75) is 0 Å². The number of pyridine rings is 1. The van der Waals surface area contributed by atoms with E-state index in [1.54, 1.807) is 0 Å². The first kappa shape index (κ1) is 9.43. The second-order valence-corrected chi connectivity index (χ2v) is 3.99. The molecule has 0 saturated heterocycles. The number of rotatable bonds is 1. The molecular weight excluding hydrogens is 220 g/mol. The van der Waals surface area contributed by atoms with Gasteiger partial charge in [0.25, 0.3) is 0 Å². The van der Waals surface area contributed by atoms with Gasteiger partial charge in [0.2, 0.25) is 0 Å². The molecule has 0 radical (unpaired) electrons. The summed E-state index contributed by atoms with van der Waals surface area (Å²) in [6.07, 6.45) is 1.96. The Labute approximate surface area is 97.9 Å². The zero-order valence-corrected chi connectivity index (χ0v) is 9.20. The summed E-state index contributed by atoms with van der Waals surface area (Å²) < 4.78 is 0. The lowest BCUT2D eigenvalue weighted by molar-refractivity contribution is 1.33. The summed E-state index contributed by atoms with van der Waals surface area (Å²) in [5.74, 6) is 0. The summed E-state index contributed by atoms with van der Waals surface area (Å²) >= 11 is 5.84. The normalized spacial score (nSPS) is 10.8. The van der Waals surface area contributed by atoms with E-state index in [0.29, 0.717) is 5.15 Å². The molecule has 0 atom stereocenters. The molecule has 0 unspecified atom stereocenters. The average molecular weight is 229 g/mol. The summed E-state index contributed by atoms with van der Waals surface area (Å²) in [6, 6.07) is 14.0. The van der Waals surface area contributed by atoms with Crippen molar-refractivity contribution < 1.29 is 0 Å². The number of hydrogen-bond donors (Lipinski definition) is 1. The SMILES string of the molecule is Clc1ccc2c(-c3ccccc3)c[nH]c2n1. The molecule has 0 aliphatic heterocycles. The fraction of sp³-hybridized carbons (Fsp3) is 0. The molecule has 0 spiro atoms. The maximum absolute atomic E-state index is 5.84. The molecule has 2 heterocycles. The Hall–Kier alpha value is -1.80. The number of halogens is 1. The van der Waals surface area contributed by atoms with Gasteiger partial charge < -0.3 is 4.98 Å². The van der Waals surface area contributed by atoms with Crippen molar-refractivity contribution in [2.75, 3.05) is 0 Å². The monoisotopic (exact) mass is 228 g/mol. The molecule has 1 N–H and O–H groups in total. The second-order valence-electron chi connectivity index (χ2n) is 3.60. The highest BCUT2D eigenvalue weighted by Crippen LogP contribution is 2.28. The van der Waals surface area contributed by atoms with Gasteiger partial charge in [0, 0.05) is 17.1 Å². The van der Waals surface area contributed by atoms with Crippen LogP contribution in [0.5, 0.6) is 0 Å². The number of hydrogen-bond acceptors (Lipinski definition) is 1. The maximum Gasteiger partial charge on any atom is 0.139 e. The first-order valence-electron chi connectivity index (χ1n) is 5.03. The molecule has 3 heteroatoms. The van der Waals surface area contributed by atoms with Crippen LogP contribution in [0.25, 0.3) is 22.2 Å². The van der Waals surface area contributed by atoms with Gasteiger partial charge in [0.05, 0.1) is 0 Å². The summed E-state index contributed by atoms with van der Waals surface area (Å²) in [5.41, 5.74) is 3.16. The molecule has 0 aliphatic rings. The van der Waals surface area contributed by atoms with E-state index in [-0.39, 0.29) is 0 Å². The molecular formula is C13H9ClN2. The Balaban J connectivity index is 2.26. The lowest BCUT2D eigenvalue weighted by Gasteiger charge is -1.98. The first-order valence-corrected chi connectivity index (χ1v) is 5.41. The number of fused-ring (bicyclic) bond motifs is 1. The van der Waals surface area contributed by atoms with Crippen LogP contribution >= 0.6 is 11.6 Å². The van der Waals surface area contributed by atoms with Crippen LogP contribution in [0.2, 0.25) is 5.15 Å². The molecule has 0 fully saturated rings. The third-order valence-corrected chi connectivity index (χ3v) is 2.80. The Morgan fingerprint density at radius 3 is 2.62 bits per heavy atom. The second kappa shape index (κ2) is 3.65. The van der Waals surface area contributed by atoms with Gasteiger partial charge in [-0.3, -0.25) is 0 Å². The third-order valence-electron chi connectivity index (χ3n) is 2.59. The molecule has 16 heavy (non-hydrogen) atoms. The Bertz CT molecular complexity index is 629. The quantitative estimate of drug-likeness (QED) is 0.629. The lowest BCUT2D eigenvalue weighted by atomic mass is 10.1. The Kier molecular flexibility index (Phi) is 2.15. The predicted molar refractivity (Wildman–Crippen MR) is 66.5 cm³/mol. The van der Waals surface area contributed by atoms with E-state index in [1.807, 2.05) is 36.5 Å². The van der Waals surface area contributed by atoms with Gasteiger partial charge in [0.15, 0.2) is 0 Å². The summed E-state index contributed by atoms with van der Waals surface area (Å²) in [6.45, 7) is 0. The minimum Gasteiger partial charge on any atom is -0.345 e. The van der Waals surface area contributed by atoms with Crippen molar-refractivity contribution in [3.8, 4) is 11.1 Å². The van der Waals surface area contributed by atoms with Gasteiger partial charge in [-0.2, -0.15) is 0 Å². The fourth-order valence-electron chi connectivity index (χ4n) is 1.84. The number of nitrogens with zero attached hydrogens (tertiary/aromatic N) is 1. The molecule has 2 nitrogen and oxygen atoms in total. The number of nitrogens with one attached hydrogen (secondary N) is 1. The van der Waals surface area contributed by atoms with Gasteiger partial charge in [-0.25, -0.2) is 4.98 Å². The number of aromatic amines is 1. The zero-order chi connectivity index (χ0) is 11.0. The number of benzene rings is 1. The van der Waals surface area contributed by atoms with E-state index in [2.05, 4.69) is 22.1 Å². The van der Waals surface area contributed by atoms with Gasteiger partial charge in [-0.15, -0.1) is 0 Å². The van der Waals surface area contributed by atoms with Crippen molar-refractivity contribution >= 4 is 22.6 Å². The van der Waals surface area contributed by atoms with Crippen molar-refractivity contribution in [3.05, 3.63) is 53.8 Å². The van der Waals surface area contributed by atoms with Gasteiger partial charge in [-0.05, 0) is 17.7 Å². The van der Waals surface area contributed by atoms with E-state index < -0.39 is 0 Å². The number of aromatic nitrogens is 2. The average Bonchev–Trinajstić information content (AvgIpc) is 2.73. The highest BCUT2D eigenvalue weighted by molar-refractivity contribution is 6.29. The van der Waals surface area contributed by atoms with E-state index in [1.165, 1.54) is 5.56 Å². The summed E-state index contributed by atoms with van der Waals surface area (Å²) in [4.78, 5) is 7.36. The van der Waals surface area contributed by atoms with E-state index in [9.17, 15) is 0 Å². The fourth-order valence-corrected chi connectivity index (χ4v) is 1.99. The Morgan fingerprint density at radius 2 is 1.81 bits per heavy atom. The lowest BCUT2D eigenvalue weighted by Crippen LogP contribution is -1.77. The van der Waals surface area contributed by atoms with E-state index in [0.717, 1.165) is 16.6 Å². The van der Waals surface area contributed by atoms with E-state index in [4.69, 9.17) is 11.6 Å². The van der Waals surface area contributed by atoms with E-state index >= 15 is 0 Å². The van der Waals surface area contributed by atoms with Crippen molar-refractivity contribution in [2.24, 2.45) is 0 Å². The zero-order valence-electron chi connectivity index (χ0n) is 8.44. The van der Waals surface area contributed by atoms with Crippen LogP contribution in [0.1, 0.15) is 0 Å². The minimum absolute atomic E-state index is 0.508. The molecule has 2 aromatic heterocycles. The summed E-state index contributed by atoms with van der Waals surface area (Å²) in [5, 5.41) is 1.60. The Morgan fingerprint density at radius 1 is 1.00 bits per heavy atom. The van der Waals surface area contributed by atoms with Crippen LogP contribution in [0.15, 0.2) is 48.7 Å². The largest absolute Gasteiger partial charge is 0.345 e. The predicted octanol–water partition coefficient (Wildman–Crippen LogP) is 3.88. The van der Waals surface area contributed by atoms with Crippen LogP contribution in [0.4, 0.5) is 0 Å². The molecule has 3 rings (SSSR count). The molecule has 78 valence electrons. The van der Waals surface area contributed by atoms with Crippen molar-refractivity contribution in [1.29, 1.82) is 0 Å². The molecule has 0 saturated carbocycles. The van der Waals surface area contributed by atoms with Crippen molar-refractivity contribution in [1.82, 2.24) is 9.97 Å². The maximum atomic E-state index is 5.84. The standard InChI is InChI=1S/C13H9ClN2/c14-12-7-6-10-11(8-15-13(10)16-12)9-4-2-1-3-5-9/h1-8H,(H,15,16). The van der Waals surface area contributed by atoms with Crippen molar-refractivity contribution in [3.63, 3.8) is 0 Å². The van der Waals surface area contributed by atoms with Crippen LogP contribution in [0.3, 0.4) is 0 Å². The van der Waals surface area contributed by atoms with Crippen LogP contribution < -0.4 is 0 Å². The molecule has 3 aromatic rings. The third kappa shape index (κ3) is 1.48. The molecule has 0 bridgehead atoms.